The lowest BCUT2D eigenvalue weighted by molar-refractivity contribution is 0.0702. The van der Waals surface area contributed by atoms with Crippen molar-refractivity contribution in [3.8, 4) is 0 Å². The number of aromatic carboxylic acids is 1. The third-order valence-corrected chi connectivity index (χ3v) is 3.70. The third kappa shape index (κ3) is 1.59. The van der Waals surface area contributed by atoms with E-state index in [1.165, 1.54) is 36.8 Å². The minimum absolute atomic E-state index is 0.311. The second-order valence-corrected chi connectivity index (χ2v) is 4.52. The molecule has 1 aliphatic carbocycles. The summed E-state index contributed by atoms with van der Waals surface area (Å²) in [5, 5.41) is 9.55. The van der Waals surface area contributed by atoms with Gasteiger partial charge < -0.3 is 10.0 Å². The average molecular weight is 212 g/mol. The summed E-state index contributed by atoms with van der Waals surface area (Å²) in [5.41, 5.74) is 0. The first kappa shape index (κ1) is 9.45. The van der Waals surface area contributed by atoms with E-state index < -0.39 is 5.97 Å². The number of thiazole rings is 1. The van der Waals surface area contributed by atoms with Crippen molar-refractivity contribution in [2.45, 2.75) is 25.3 Å². The van der Waals surface area contributed by atoms with Crippen LogP contribution in [0.1, 0.15) is 28.9 Å². The van der Waals surface area contributed by atoms with Gasteiger partial charge in [-0.2, -0.15) is 0 Å². The number of aromatic nitrogens is 1. The first-order chi connectivity index (χ1) is 6.68. The molecule has 76 valence electrons. The summed E-state index contributed by atoms with van der Waals surface area (Å²) in [6, 6.07) is 0.558. The van der Waals surface area contributed by atoms with Crippen LogP contribution in [0.5, 0.6) is 0 Å². The van der Waals surface area contributed by atoms with Crippen LogP contribution in [0.4, 0.5) is 5.13 Å². The summed E-state index contributed by atoms with van der Waals surface area (Å²) in [5.74, 6) is -0.893. The molecule has 1 aromatic heterocycles. The summed E-state index contributed by atoms with van der Waals surface area (Å²) in [6.45, 7) is 0. The molecule has 0 spiro atoms. The zero-order chi connectivity index (χ0) is 10.1. The van der Waals surface area contributed by atoms with Crippen molar-refractivity contribution in [1.29, 1.82) is 0 Å². The van der Waals surface area contributed by atoms with Gasteiger partial charge in [0.1, 0.15) is 4.88 Å². The molecule has 0 aromatic carbocycles. The second kappa shape index (κ2) is 3.57. The van der Waals surface area contributed by atoms with E-state index in [1.807, 2.05) is 7.05 Å². The molecular weight excluding hydrogens is 200 g/mol. The Morgan fingerprint density at radius 3 is 2.86 bits per heavy atom. The zero-order valence-electron chi connectivity index (χ0n) is 7.93. The Labute approximate surface area is 86.2 Å². The van der Waals surface area contributed by atoms with Gasteiger partial charge in [0.05, 0.1) is 6.20 Å². The van der Waals surface area contributed by atoms with Gasteiger partial charge in [-0.05, 0) is 19.3 Å². The van der Waals surface area contributed by atoms with Crippen LogP contribution in [0.3, 0.4) is 0 Å². The van der Waals surface area contributed by atoms with E-state index in [1.54, 1.807) is 0 Å². The standard InChI is InChI=1S/C9H12N2O2S/c1-11(6-3-2-4-6)9-10-5-7(14-9)8(12)13/h5-6H,2-4H2,1H3,(H,12,13). The molecule has 0 unspecified atom stereocenters. The molecule has 1 heterocycles. The van der Waals surface area contributed by atoms with Gasteiger partial charge in [-0.25, -0.2) is 9.78 Å². The Kier molecular flexibility index (Phi) is 2.41. The largest absolute Gasteiger partial charge is 0.477 e. The number of nitrogens with zero attached hydrogens (tertiary/aromatic N) is 2. The lowest BCUT2D eigenvalue weighted by atomic mass is 9.92. The fourth-order valence-electron chi connectivity index (χ4n) is 1.46. The highest BCUT2D eigenvalue weighted by Gasteiger charge is 2.24. The van der Waals surface area contributed by atoms with Gasteiger partial charge in [0.25, 0.3) is 0 Å². The van der Waals surface area contributed by atoms with Gasteiger partial charge in [0, 0.05) is 13.1 Å². The molecule has 1 aromatic rings. The highest BCUT2D eigenvalue weighted by molar-refractivity contribution is 7.17. The smallest absolute Gasteiger partial charge is 0.347 e. The van der Waals surface area contributed by atoms with Crippen LogP contribution in [0, 0.1) is 0 Å². The summed E-state index contributed by atoms with van der Waals surface area (Å²) in [4.78, 5) is 17.1. The third-order valence-electron chi connectivity index (χ3n) is 2.63. The van der Waals surface area contributed by atoms with Crippen LogP contribution in [-0.2, 0) is 0 Å². The lowest BCUT2D eigenvalue weighted by Crippen LogP contribution is -2.36. The predicted octanol–water partition coefficient (Wildman–Crippen LogP) is 1.83. The molecule has 0 amide bonds. The maximum absolute atomic E-state index is 10.6. The van der Waals surface area contributed by atoms with Crippen LogP contribution >= 0.6 is 11.3 Å². The van der Waals surface area contributed by atoms with Crippen LogP contribution < -0.4 is 4.90 Å². The van der Waals surface area contributed by atoms with Crippen molar-refractivity contribution in [2.24, 2.45) is 0 Å². The SMILES string of the molecule is CN(c1ncc(C(=O)O)s1)C1CCC1. The molecule has 4 nitrogen and oxygen atoms in total. The van der Waals surface area contributed by atoms with Crippen molar-refractivity contribution in [2.75, 3.05) is 11.9 Å². The Bertz CT molecular complexity index is 346. The van der Waals surface area contributed by atoms with Gasteiger partial charge in [0.15, 0.2) is 5.13 Å². The van der Waals surface area contributed by atoms with Crippen LogP contribution in [0.25, 0.3) is 0 Å². The topological polar surface area (TPSA) is 53.4 Å². The molecule has 14 heavy (non-hydrogen) atoms. The number of carboxylic acid groups (broad SMARTS) is 1. The maximum atomic E-state index is 10.6. The monoisotopic (exact) mass is 212 g/mol. The molecule has 2 rings (SSSR count). The molecule has 1 saturated carbocycles. The van der Waals surface area contributed by atoms with E-state index >= 15 is 0 Å². The second-order valence-electron chi connectivity index (χ2n) is 3.51. The molecule has 0 aliphatic heterocycles. The summed E-state index contributed by atoms with van der Waals surface area (Å²) in [7, 11) is 1.98. The molecule has 0 atom stereocenters. The van der Waals surface area contributed by atoms with E-state index in [-0.39, 0.29) is 0 Å². The molecule has 0 bridgehead atoms. The number of rotatable bonds is 3. The van der Waals surface area contributed by atoms with Crippen molar-refractivity contribution in [3.63, 3.8) is 0 Å². The number of carboxylic acids is 1. The minimum atomic E-state index is -0.893. The summed E-state index contributed by atoms with van der Waals surface area (Å²) in [6.07, 6.45) is 5.08. The lowest BCUT2D eigenvalue weighted by Gasteiger charge is -2.34. The van der Waals surface area contributed by atoms with Crippen molar-refractivity contribution < 1.29 is 9.90 Å². The molecule has 5 heteroatoms. The molecule has 0 radical (unpaired) electrons. The highest BCUT2D eigenvalue weighted by Crippen LogP contribution is 2.30. The van der Waals surface area contributed by atoms with Crippen molar-refractivity contribution in [3.05, 3.63) is 11.1 Å². The number of hydrogen-bond donors (Lipinski definition) is 1. The van der Waals surface area contributed by atoms with E-state index in [9.17, 15) is 4.79 Å². The van der Waals surface area contributed by atoms with E-state index in [4.69, 9.17) is 5.11 Å². The normalized spacial score (nSPS) is 16.4. The highest BCUT2D eigenvalue weighted by atomic mass is 32.1. The zero-order valence-corrected chi connectivity index (χ0v) is 8.75. The van der Waals surface area contributed by atoms with Crippen LogP contribution in [0.15, 0.2) is 6.20 Å². The summed E-state index contributed by atoms with van der Waals surface area (Å²) < 4.78 is 0. The van der Waals surface area contributed by atoms with Crippen molar-refractivity contribution >= 4 is 22.4 Å². The minimum Gasteiger partial charge on any atom is -0.477 e. The summed E-state index contributed by atoms with van der Waals surface area (Å²) >= 11 is 1.24. The number of carbonyl (C=O) groups is 1. The average Bonchev–Trinajstić information content (AvgIpc) is 2.48. The van der Waals surface area contributed by atoms with Crippen LogP contribution in [-0.4, -0.2) is 29.1 Å². The van der Waals surface area contributed by atoms with Crippen LogP contribution in [0.2, 0.25) is 0 Å². The van der Waals surface area contributed by atoms with Gasteiger partial charge in [-0.15, -0.1) is 0 Å². The quantitative estimate of drug-likeness (QED) is 0.830. The fraction of sp³-hybridized carbons (Fsp3) is 0.556. The first-order valence-electron chi connectivity index (χ1n) is 4.60. The number of hydrogen-bond acceptors (Lipinski definition) is 4. The first-order valence-corrected chi connectivity index (χ1v) is 5.42. The Balaban J connectivity index is 2.11. The van der Waals surface area contributed by atoms with Gasteiger partial charge >= 0.3 is 5.97 Å². The molecular formula is C9H12N2O2S. The van der Waals surface area contributed by atoms with Gasteiger partial charge in [-0.1, -0.05) is 11.3 Å². The van der Waals surface area contributed by atoms with E-state index in [2.05, 4.69) is 9.88 Å². The molecule has 1 aliphatic rings. The number of anilines is 1. The Hall–Kier alpha value is -1.10. The Morgan fingerprint density at radius 2 is 2.43 bits per heavy atom. The Morgan fingerprint density at radius 1 is 1.71 bits per heavy atom. The molecule has 0 saturated heterocycles. The molecule has 1 fully saturated rings. The van der Waals surface area contributed by atoms with Crippen molar-refractivity contribution in [1.82, 2.24) is 4.98 Å². The maximum Gasteiger partial charge on any atom is 0.347 e. The van der Waals surface area contributed by atoms with E-state index in [0.717, 1.165) is 5.13 Å². The van der Waals surface area contributed by atoms with Gasteiger partial charge in [-0.3, -0.25) is 0 Å². The van der Waals surface area contributed by atoms with E-state index in [0.29, 0.717) is 10.9 Å². The predicted molar refractivity (Wildman–Crippen MR) is 55.1 cm³/mol. The van der Waals surface area contributed by atoms with Gasteiger partial charge in [0.2, 0.25) is 0 Å². The fourth-order valence-corrected chi connectivity index (χ4v) is 2.24. The molecule has 1 N–H and O–H groups in total.